The van der Waals surface area contributed by atoms with Gasteiger partial charge in [-0.25, -0.2) is 5.43 Å². The van der Waals surface area contributed by atoms with E-state index in [-0.39, 0.29) is 11.3 Å². The number of hydrazone groups is 1. The highest BCUT2D eigenvalue weighted by Gasteiger charge is 2.12. The molecule has 2 N–H and O–H groups in total. The number of phenols is 1. The highest BCUT2D eigenvalue weighted by atomic mass is 16.5. The quantitative estimate of drug-likeness (QED) is 0.597. The summed E-state index contributed by atoms with van der Waals surface area (Å²) in [4.78, 5) is 12.1. The lowest BCUT2D eigenvalue weighted by atomic mass is 10.1. The molecule has 0 bridgehead atoms. The van der Waals surface area contributed by atoms with Gasteiger partial charge in [-0.2, -0.15) is 5.10 Å². The standard InChI is InChI=1S/C19H22N2O4/c1-4-24-14-10-11-18(25-5-2)16(12-14)13(3)20-21-19(23)15-8-6-7-9-17(15)22/h6-12,22H,4-5H2,1-3H3,(H,21,23)/b20-13-. The Morgan fingerprint density at radius 2 is 1.80 bits per heavy atom. The van der Waals surface area contributed by atoms with Crippen LogP contribution in [0, 0.1) is 0 Å². The minimum Gasteiger partial charge on any atom is -0.507 e. The summed E-state index contributed by atoms with van der Waals surface area (Å²) in [5, 5.41) is 13.9. The molecule has 0 atom stereocenters. The Labute approximate surface area is 147 Å². The number of aromatic hydroxyl groups is 1. The van der Waals surface area contributed by atoms with Gasteiger partial charge in [-0.05, 0) is 51.1 Å². The zero-order chi connectivity index (χ0) is 18.2. The number of benzene rings is 2. The van der Waals surface area contributed by atoms with Gasteiger partial charge in [0.25, 0.3) is 5.91 Å². The minimum atomic E-state index is -0.489. The van der Waals surface area contributed by atoms with E-state index < -0.39 is 5.91 Å². The van der Waals surface area contributed by atoms with Gasteiger partial charge in [0.1, 0.15) is 17.2 Å². The fraction of sp³-hybridized carbons (Fsp3) is 0.263. The molecule has 0 saturated carbocycles. The molecule has 25 heavy (non-hydrogen) atoms. The molecular weight excluding hydrogens is 320 g/mol. The Balaban J connectivity index is 2.24. The normalized spacial score (nSPS) is 11.1. The third-order valence-electron chi connectivity index (χ3n) is 3.43. The number of hydrogen-bond donors (Lipinski definition) is 2. The van der Waals surface area contributed by atoms with E-state index in [0.717, 1.165) is 5.56 Å². The molecular formula is C19H22N2O4. The average Bonchev–Trinajstić information content (AvgIpc) is 2.61. The first kappa shape index (κ1) is 18.3. The van der Waals surface area contributed by atoms with Crippen LogP contribution < -0.4 is 14.9 Å². The van der Waals surface area contributed by atoms with Crippen molar-refractivity contribution < 1.29 is 19.4 Å². The van der Waals surface area contributed by atoms with Crippen molar-refractivity contribution >= 4 is 11.6 Å². The van der Waals surface area contributed by atoms with Crippen molar-refractivity contribution in [3.05, 3.63) is 53.6 Å². The van der Waals surface area contributed by atoms with Gasteiger partial charge in [0, 0.05) is 5.56 Å². The molecule has 0 aliphatic heterocycles. The molecule has 0 unspecified atom stereocenters. The molecule has 2 aromatic carbocycles. The molecule has 0 aromatic heterocycles. The van der Waals surface area contributed by atoms with E-state index in [0.29, 0.717) is 30.4 Å². The van der Waals surface area contributed by atoms with E-state index >= 15 is 0 Å². The number of ether oxygens (including phenoxy) is 2. The van der Waals surface area contributed by atoms with E-state index in [9.17, 15) is 9.90 Å². The molecule has 6 heteroatoms. The number of amides is 1. The first-order valence-corrected chi connectivity index (χ1v) is 8.09. The number of carbonyl (C=O) groups is 1. The van der Waals surface area contributed by atoms with Gasteiger partial charge in [0.05, 0.1) is 24.5 Å². The van der Waals surface area contributed by atoms with Crippen LogP contribution in [0.4, 0.5) is 0 Å². The number of rotatable bonds is 7. The Morgan fingerprint density at radius 1 is 1.08 bits per heavy atom. The van der Waals surface area contributed by atoms with Crippen LogP contribution in [0.5, 0.6) is 17.2 Å². The van der Waals surface area contributed by atoms with Crippen LogP contribution in [-0.4, -0.2) is 29.9 Å². The molecule has 0 radical (unpaired) electrons. The molecule has 0 saturated heterocycles. The summed E-state index contributed by atoms with van der Waals surface area (Å²) >= 11 is 0. The van der Waals surface area contributed by atoms with Crippen LogP contribution in [0.2, 0.25) is 0 Å². The lowest BCUT2D eigenvalue weighted by Gasteiger charge is -2.12. The largest absolute Gasteiger partial charge is 0.507 e. The molecule has 6 nitrogen and oxygen atoms in total. The highest BCUT2D eigenvalue weighted by Crippen LogP contribution is 2.25. The Hall–Kier alpha value is -3.02. The second-order valence-electron chi connectivity index (χ2n) is 5.18. The van der Waals surface area contributed by atoms with Crippen molar-refractivity contribution in [3.63, 3.8) is 0 Å². The monoisotopic (exact) mass is 342 g/mol. The second-order valence-corrected chi connectivity index (χ2v) is 5.18. The van der Waals surface area contributed by atoms with Crippen molar-refractivity contribution in [3.8, 4) is 17.2 Å². The first-order chi connectivity index (χ1) is 12.1. The molecule has 0 spiro atoms. The lowest BCUT2D eigenvalue weighted by molar-refractivity contribution is 0.0952. The van der Waals surface area contributed by atoms with E-state index in [2.05, 4.69) is 10.5 Å². The molecule has 132 valence electrons. The fourth-order valence-corrected chi connectivity index (χ4v) is 2.25. The summed E-state index contributed by atoms with van der Waals surface area (Å²) in [5.74, 6) is 0.768. The first-order valence-electron chi connectivity index (χ1n) is 8.09. The fourth-order valence-electron chi connectivity index (χ4n) is 2.25. The number of hydrogen-bond acceptors (Lipinski definition) is 5. The summed E-state index contributed by atoms with van der Waals surface area (Å²) < 4.78 is 11.1. The topological polar surface area (TPSA) is 80.2 Å². The maximum Gasteiger partial charge on any atom is 0.275 e. The SMILES string of the molecule is CCOc1ccc(OCC)c(/C(C)=N\NC(=O)c2ccccc2O)c1. The van der Waals surface area contributed by atoms with Crippen LogP contribution in [0.3, 0.4) is 0 Å². The number of nitrogens with zero attached hydrogens (tertiary/aromatic N) is 1. The van der Waals surface area contributed by atoms with Crippen LogP contribution in [0.1, 0.15) is 36.7 Å². The third kappa shape index (κ3) is 4.73. The van der Waals surface area contributed by atoms with Crippen LogP contribution in [-0.2, 0) is 0 Å². The summed E-state index contributed by atoms with van der Waals surface area (Å²) in [6.07, 6.45) is 0. The molecule has 2 aromatic rings. The predicted octanol–water partition coefficient (Wildman–Crippen LogP) is 3.34. The maximum absolute atomic E-state index is 12.1. The highest BCUT2D eigenvalue weighted by molar-refractivity contribution is 6.03. The van der Waals surface area contributed by atoms with Gasteiger partial charge in [0.2, 0.25) is 0 Å². The number of para-hydroxylation sites is 1. The van der Waals surface area contributed by atoms with E-state index in [4.69, 9.17) is 9.47 Å². The maximum atomic E-state index is 12.1. The van der Waals surface area contributed by atoms with Gasteiger partial charge in [-0.1, -0.05) is 12.1 Å². The van der Waals surface area contributed by atoms with Gasteiger partial charge in [0.15, 0.2) is 0 Å². The molecule has 0 fully saturated rings. The predicted molar refractivity (Wildman–Crippen MR) is 96.6 cm³/mol. The van der Waals surface area contributed by atoms with Crippen molar-refractivity contribution in [1.82, 2.24) is 5.43 Å². The minimum absolute atomic E-state index is 0.0961. The van der Waals surface area contributed by atoms with Crippen molar-refractivity contribution in [2.24, 2.45) is 5.10 Å². The van der Waals surface area contributed by atoms with E-state index in [1.807, 2.05) is 32.0 Å². The zero-order valence-corrected chi connectivity index (χ0v) is 14.6. The summed E-state index contributed by atoms with van der Waals surface area (Å²) in [6, 6.07) is 11.7. The Morgan fingerprint density at radius 3 is 2.48 bits per heavy atom. The molecule has 0 heterocycles. The van der Waals surface area contributed by atoms with Crippen LogP contribution in [0.25, 0.3) is 0 Å². The lowest BCUT2D eigenvalue weighted by Crippen LogP contribution is -2.19. The summed E-state index contributed by atoms with van der Waals surface area (Å²) in [7, 11) is 0. The zero-order valence-electron chi connectivity index (χ0n) is 14.6. The van der Waals surface area contributed by atoms with E-state index in [1.54, 1.807) is 19.1 Å². The van der Waals surface area contributed by atoms with Crippen molar-refractivity contribution in [2.45, 2.75) is 20.8 Å². The molecule has 0 aliphatic rings. The summed E-state index contributed by atoms with van der Waals surface area (Å²) in [6.45, 7) is 6.63. The van der Waals surface area contributed by atoms with Gasteiger partial charge >= 0.3 is 0 Å². The van der Waals surface area contributed by atoms with Crippen molar-refractivity contribution in [1.29, 1.82) is 0 Å². The molecule has 0 aliphatic carbocycles. The third-order valence-corrected chi connectivity index (χ3v) is 3.43. The average molecular weight is 342 g/mol. The second kappa shape index (κ2) is 8.73. The Bertz CT molecular complexity index is 772. The molecule has 1 amide bonds. The van der Waals surface area contributed by atoms with Crippen molar-refractivity contribution in [2.75, 3.05) is 13.2 Å². The molecule has 2 rings (SSSR count). The van der Waals surface area contributed by atoms with Gasteiger partial charge in [-0.15, -0.1) is 0 Å². The Kier molecular flexibility index (Phi) is 6.39. The number of nitrogens with one attached hydrogen (secondary N) is 1. The smallest absolute Gasteiger partial charge is 0.275 e. The van der Waals surface area contributed by atoms with Crippen LogP contribution >= 0.6 is 0 Å². The van der Waals surface area contributed by atoms with Gasteiger partial charge < -0.3 is 14.6 Å². The van der Waals surface area contributed by atoms with E-state index in [1.165, 1.54) is 12.1 Å². The number of phenolic OH excluding ortho intramolecular Hbond substituents is 1. The van der Waals surface area contributed by atoms with Crippen LogP contribution in [0.15, 0.2) is 47.6 Å². The van der Waals surface area contributed by atoms with Gasteiger partial charge in [-0.3, -0.25) is 4.79 Å². The number of carbonyl (C=O) groups excluding carboxylic acids is 1. The summed E-state index contributed by atoms with van der Waals surface area (Å²) in [5.41, 5.74) is 3.90.